The lowest BCUT2D eigenvalue weighted by Gasteiger charge is -2.31. The van der Waals surface area contributed by atoms with Crippen LogP contribution < -0.4 is 0 Å². The van der Waals surface area contributed by atoms with Gasteiger partial charge >= 0.3 is 13.0 Å². The van der Waals surface area contributed by atoms with Gasteiger partial charge in [-0.3, -0.25) is 4.79 Å². The lowest BCUT2D eigenvalue weighted by atomic mass is 9.76. The minimum absolute atomic E-state index is 0.113. The average molecular weight is 255 g/mol. The van der Waals surface area contributed by atoms with E-state index in [2.05, 4.69) is 0 Å². The summed E-state index contributed by atoms with van der Waals surface area (Å²) in [5, 5.41) is 19.6. The fraction of sp³-hybridized carbons (Fsp3) is 0.917. The molecule has 1 aliphatic heterocycles. The van der Waals surface area contributed by atoms with Gasteiger partial charge in [-0.15, -0.1) is 0 Å². The van der Waals surface area contributed by atoms with Crippen LogP contribution in [0.15, 0.2) is 0 Å². The second-order valence-corrected chi connectivity index (χ2v) is 5.42. The Kier molecular flexibility index (Phi) is 4.30. The van der Waals surface area contributed by atoms with Crippen molar-refractivity contribution in [2.75, 3.05) is 13.2 Å². The zero-order chi connectivity index (χ0) is 13.3. The molecule has 1 saturated heterocycles. The second kappa shape index (κ2) is 5.59. The van der Waals surface area contributed by atoms with Crippen molar-refractivity contribution < 1.29 is 19.7 Å². The Bertz CT molecular complexity index is 312. The number of fused-ring (bicyclic) bond motifs is 1. The zero-order valence-corrected chi connectivity index (χ0v) is 11.1. The largest absolute Gasteiger partial charge is 0.465 e. The van der Waals surface area contributed by atoms with Crippen LogP contribution in [0.3, 0.4) is 0 Å². The molecule has 0 amide bonds. The molecule has 0 aromatic carbocycles. The van der Waals surface area contributed by atoms with Crippen LogP contribution in [0, 0.1) is 11.8 Å². The van der Waals surface area contributed by atoms with E-state index in [0.29, 0.717) is 18.9 Å². The molecule has 2 aliphatic rings. The maximum Gasteiger partial charge on any atom is 0.377 e. The number of hydrogen-bond donors (Lipinski definition) is 2. The Hall–Kier alpha value is -0.585. The molecule has 5 nitrogen and oxygen atoms in total. The molecule has 1 heterocycles. The van der Waals surface area contributed by atoms with E-state index >= 15 is 0 Å². The number of hydrogen-bond acceptors (Lipinski definition) is 5. The van der Waals surface area contributed by atoms with Crippen LogP contribution in [0.1, 0.15) is 26.2 Å². The number of carbonyl (C=O) groups excluding carboxylic acids is 1. The van der Waals surface area contributed by atoms with Gasteiger partial charge < -0.3 is 19.7 Å². The first-order valence-corrected chi connectivity index (χ1v) is 6.83. The van der Waals surface area contributed by atoms with Crippen molar-refractivity contribution in [3.05, 3.63) is 0 Å². The van der Waals surface area contributed by atoms with E-state index in [1.807, 2.05) is 4.81 Å². The highest BCUT2D eigenvalue weighted by Crippen LogP contribution is 2.41. The van der Waals surface area contributed by atoms with Gasteiger partial charge in [0.05, 0.1) is 12.7 Å². The van der Waals surface area contributed by atoms with Crippen LogP contribution in [0.25, 0.3) is 0 Å². The third kappa shape index (κ3) is 2.55. The maximum absolute atomic E-state index is 12.1. The molecular formula is C12H22BNO4. The molecule has 2 unspecified atom stereocenters. The summed E-state index contributed by atoms with van der Waals surface area (Å²) in [5.41, 5.74) is 0. The minimum atomic E-state index is -0.651. The predicted molar refractivity (Wildman–Crippen MR) is 67.8 cm³/mol. The van der Waals surface area contributed by atoms with Gasteiger partial charge in [0, 0.05) is 0 Å². The van der Waals surface area contributed by atoms with E-state index in [1.165, 1.54) is 0 Å². The number of aliphatic hydroxyl groups excluding tert-OH is 1. The molecule has 2 fully saturated rings. The van der Waals surface area contributed by atoms with Crippen LogP contribution in [-0.4, -0.2) is 53.3 Å². The Morgan fingerprint density at radius 3 is 2.83 bits per heavy atom. The second-order valence-electron chi connectivity index (χ2n) is 5.42. The monoisotopic (exact) mass is 255 g/mol. The van der Waals surface area contributed by atoms with Crippen LogP contribution in [-0.2, 0) is 9.53 Å². The van der Waals surface area contributed by atoms with E-state index in [9.17, 15) is 14.9 Å². The smallest absolute Gasteiger partial charge is 0.377 e. The number of ether oxygens (including phenoxy) is 1. The Balaban J connectivity index is 2.16. The highest BCUT2D eigenvalue weighted by atomic mass is 16.5. The molecule has 0 spiro atoms. The van der Waals surface area contributed by atoms with E-state index in [4.69, 9.17) is 4.74 Å². The van der Waals surface area contributed by atoms with Crippen molar-refractivity contribution in [3.63, 3.8) is 0 Å². The quantitative estimate of drug-likeness (QED) is 0.553. The third-order valence-corrected chi connectivity index (χ3v) is 4.24. The lowest BCUT2D eigenvalue weighted by Crippen LogP contribution is -2.48. The van der Waals surface area contributed by atoms with Gasteiger partial charge in [0.1, 0.15) is 6.04 Å². The van der Waals surface area contributed by atoms with Crippen molar-refractivity contribution in [2.45, 2.75) is 45.2 Å². The van der Waals surface area contributed by atoms with Gasteiger partial charge in [0.15, 0.2) is 0 Å². The van der Waals surface area contributed by atoms with E-state index in [0.717, 1.165) is 19.4 Å². The molecular weight excluding hydrogens is 233 g/mol. The van der Waals surface area contributed by atoms with E-state index < -0.39 is 13.1 Å². The Morgan fingerprint density at radius 1 is 1.50 bits per heavy atom. The van der Waals surface area contributed by atoms with Crippen molar-refractivity contribution in [3.8, 4) is 0 Å². The molecule has 102 valence electrons. The molecule has 4 atom stereocenters. The number of carbonyl (C=O) groups is 1. The van der Waals surface area contributed by atoms with Crippen LogP contribution >= 0.6 is 0 Å². The summed E-state index contributed by atoms with van der Waals surface area (Å²) >= 11 is 0. The van der Waals surface area contributed by atoms with Crippen LogP contribution in [0.5, 0.6) is 0 Å². The molecule has 1 aliphatic carbocycles. The first-order chi connectivity index (χ1) is 8.54. The minimum Gasteiger partial charge on any atom is -0.465 e. The standard InChI is InChI=1S/C12H22BNO4/c1-3-18-12(16)11-10-6-9(15)5-4-8(10)7-14(11)13(2)17/h8-11,15,17H,3-7H2,1-2H3/t8-,9?,10-,11?/m0/s1. The summed E-state index contributed by atoms with van der Waals surface area (Å²) in [6, 6.07) is -0.398. The molecule has 0 aromatic heterocycles. The van der Waals surface area contributed by atoms with Crippen molar-refractivity contribution in [2.24, 2.45) is 11.8 Å². The molecule has 0 aromatic rings. The Labute approximate surface area is 108 Å². The highest BCUT2D eigenvalue weighted by Gasteiger charge is 2.50. The molecule has 0 bridgehead atoms. The number of nitrogens with zero attached hydrogens (tertiary/aromatic N) is 1. The first-order valence-electron chi connectivity index (χ1n) is 6.83. The fourth-order valence-corrected chi connectivity index (χ4v) is 3.41. The van der Waals surface area contributed by atoms with Gasteiger partial charge in [-0.1, -0.05) is 0 Å². The number of aliphatic hydroxyl groups is 1. The van der Waals surface area contributed by atoms with Crippen LogP contribution in [0.2, 0.25) is 6.82 Å². The zero-order valence-electron chi connectivity index (χ0n) is 11.1. The molecule has 1 saturated carbocycles. The lowest BCUT2D eigenvalue weighted by molar-refractivity contribution is -0.149. The van der Waals surface area contributed by atoms with E-state index in [1.54, 1.807) is 13.7 Å². The predicted octanol–water partition coefficient (Wildman–Crippen LogP) is 0.121. The third-order valence-electron chi connectivity index (χ3n) is 4.24. The van der Waals surface area contributed by atoms with Gasteiger partial charge in [0.2, 0.25) is 0 Å². The Morgan fingerprint density at radius 2 is 2.22 bits per heavy atom. The normalized spacial score (nSPS) is 36.2. The molecule has 18 heavy (non-hydrogen) atoms. The van der Waals surface area contributed by atoms with E-state index in [-0.39, 0.29) is 18.0 Å². The summed E-state index contributed by atoms with van der Waals surface area (Å²) in [5.74, 6) is 0.236. The molecule has 0 radical (unpaired) electrons. The topological polar surface area (TPSA) is 70.0 Å². The number of esters is 1. The summed E-state index contributed by atoms with van der Waals surface area (Å²) in [4.78, 5) is 13.9. The average Bonchev–Trinajstić information content (AvgIpc) is 2.67. The fourth-order valence-electron chi connectivity index (χ4n) is 3.41. The van der Waals surface area contributed by atoms with Crippen molar-refractivity contribution >= 4 is 13.0 Å². The SMILES string of the molecule is CCOC(=O)C1[C@H]2CC(O)CC[C@H]2CN1B(C)O. The molecule has 6 heteroatoms. The van der Waals surface area contributed by atoms with Gasteiger partial charge in [0.25, 0.3) is 0 Å². The van der Waals surface area contributed by atoms with Gasteiger partial charge in [-0.05, 0) is 51.4 Å². The maximum atomic E-state index is 12.1. The van der Waals surface area contributed by atoms with Gasteiger partial charge in [-0.2, -0.15) is 0 Å². The molecule has 2 rings (SSSR count). The van der Waals surface area contributed by atoms with Gasteiger partial charge in [-0.25, -0.2) is 0 Å². The first kappa shape index (κ1) is 13.8. The van der Waals surface area contributed by atoms with Crippen LogP contribution in [0.4, 0.5) is 0 Å². The summed E-state index contributed by atoms with van der Waals surface area (Å²) in [6.45, 7) is 4.54. The summed E-state index contributed by atoms with van der Waals surface area (Å²) < 4.78 is 5.12. The molecule has 2 N–H and O–H groups in total. The highest BCUT2D eigenvalue weighted by molar-refractivity contribution is 6.45. The van der Waals surface area contributed by atoms with Crippen molar-refractivity contribution in [1.82, 2.24) is 4.81 Å². The summed E-state index contributed by atoms with van der Waals surface area (Å²) in [7, 11) is -0.651. The van der Waals surface area contributed by atoms with Crippen molar-refractivity contribution in [1.29, 1.82) is 0 Å². The number of rotatable bonds is 3. The summed E-state index contributed by atoms with van der Waals surface area (Å²) in [6.07, 6.45) is 2.03.